The normalized spacial score (nSPS) is 11.9. The van der Waals surface area contributed by atoms with Crippen LogP contribution in [0.3, 0.4) is 0 Å². The number of pyridine rings is 1. The lowest BCUT2D eigenvalue weighted by molar-refractivity contribution is -0.120. The number of anilines is 2. The average Bonchev–Trinajstić information content (AvgIpc) is 3.42. The molecule has 2 heterocycles. The lowest BCUT2D eigenvalue weighted by Gasteiger charge is -2.20. The Bertz CT molecular complexity index is 1340. The Morgan fingerprint density at radius 2 is 1.79 bits per heavy atom. The number of nitrogens with zero attached hydrogens (tertiary/aromatic N) is 3. The summed E-state index contributed by atoms with van der Waals surface area (Å²) in [6, 6.07) is 8.12. The van der Waals surface area contributed by atoms with Crippen molar-refractivity contribution in [3.8, 4) is 16.9 Å². The molecule has 0 spiro atoms. The number of Topliss-reactive ketones (excluding diaryl/α,β-unsaturated/α-hetero) is 1. The second-order valence-corrected chi connectivity index (χ2v) is 10.6. The number of allylic oxidation sites excluding steroid dienone is 1. The number of aryl methyl sites for hydroxylation is 1. The summed E-state index contributed by atoms with van der Waals surface area (Å²) < 4.78 is 44.6. The third-order valence-corrected chi connectivity index (χ3v) is 6.83. The summed E-state index contributed by atoms with van der Waals surface area (Å²) in [6.45, 7) is 13.5. The molecule has 3 aromatic rings. The van der Waals surface area contributed by atoms with E-state index in [-0.39, 0.29) is 17.6 Å². The van der Waals surface area contributed by atoms with Crippen molar-refractivity contribution in [2.45, 2.75) is 72.7 Å². The number of nitrogens with one attached hydrogen (secondary N) is 2. The van der Waals surface area contributed by atoms with Crippen molar-refractivity contribution in [3.05, 3.63) is 66.9 Å². The number of hydrogen-bond acceptors (Lipinski definition) is 6. The Hall–Kier alpha value is -3.52. The van der Waals surface area contributed by atoms with Crippen LogP contribution in [0.25, 0.3) is 11.1 Å². The predicted octanol–water partition coefficient (Wildman–Crippen LogP) is 8.79. The number of aromatic nitrogens is 3. The van der Waals surface area contributed by atoms with Gasteiger partial charge in [-0.1, -0.05) is 41.2 Å². The van der Waals surface area contributed by atoms with Gasteiger partial charge < -0.3 is 15.5 Å². The molecule has 3 rings (SSSR count). The maximum Gasteiger partial charge on any atom is 0.408 e. The Balaban J connectivity index is 0.000000592. The van der Waals surface area contributed by atoms with Crippen molar-refractivity contribution < 1.29 is 22.7 Å². The Labute approximate surface area is 248 Å². The summed E-state index contributed by atoms with van der Waals surface area (Å²) in [7, 11) is 1.35. The van der Waals surface area contributed by atoms with Crippen LogP contribution in [0.4, 0.5) is 24.7 Å². The van der Waals surface area contributed by atoms with E-state index in [4.69, 9.17) is 5.41 Å². The number of carbonyl (C=O) groups excluding carboxylic acids is 1. The first-order valence-corrected chi connectivity index (χ1v) is 14.6. The molecule has 0 saturated heterocycles. The molecule has 0 amide bonds. The number of alkyl halides is 2. The van der Waals surface area contributed by atoms with Crippen LogP contribution in [0.5, 0.6) is 5.75 Å². The van der Waals surface area contributed by atoms with E-state index in [1.165, 1.54) is 21.4 Å². The molecule has 0 aliphatic carbocycles. The molecule has 2 N–H and O–H groups in total. The van der Waals surface area contributed by atoms with Gasteiger partial charge in [0.05, 0.1) is 6.20 Å². The molecule has 0 aliphatic heterocycles. The SMILES string of the molecule is C=C(F)C(=O)C(C)CC.CCCn1cc(-c2ccnc(Nc3ccc(OC(F)(F)P)cc3)c2C(=N)C(CC)CC)cn1. The molecule has 0 bridgehead atoms. The van der Waals surface area contributed by atoms with Crippen LogP contribution in [0.2, 0.25) is 0 Å². The fourth-order valence-corrected chi connectivity index (χ4v) is 4.31. The van der Waals surface area contributed by atoms with Crippen molar-refractivity contribution in [1.29, 1.82) is 5.41 Å². The van der Waals surface area contributed by atoms with E-state index in [0.29, 0.717) is 23.6 Å². The van der Waals surface area contributed by atoms with Crippen LogP contribution in [0.15, 0.2) is 61.3 Å². The van der Waals surface area contributed by atoms with Gasteiger partial charge in [-0.3, -0.25) is 9.48 Å². The highest BCUT2D eigenvalue weighted by Gasteiger charge is 2.24. The quantitative estimate of drug-likeness (QED) is 0.109. The molecule has 0 saturated carbocycles. The van der Waals surface area contributed by atoms with E-state index in [1.807, 2.05) is 30.1 Å². The van der Waals surface area contributed by atoms with Gasteiger partial charge >= 0.3 is 5.85 Å². The molecule has 1 aromatic carbocycles. The van der Waals surface area contributed by atoms with Gasteiger partial charge in [-0.25, -0.2) is 9.37 Å². The zero-order valence-corrected chi connectivity index (χ0v) is 26.0. The summed E-state index contributed by atoms with van der Waals surface area (Å²) in [5.41, 5.74) is 3.69. The fourth-order valence-electron chi connectivity index (χ4n) is 4.18. The second kappa shape index (κ2) is 16.2. The van der Waals surface area contributed by atoms with Crippen molar-refractivity contribution >= 4 is 32.2 Å². The van der Waals surface area contributed by atoms with Crippen LogP contribution < -0.4 is 10.1 Å². The fraction of sp³-hybridized carbons (Fsp3) is 0.419. The minimum absolute atomic E-state index is 0.0515. The third-order valence-electron chi connectivity index (χ3n) is 6.71. The van der Waals surface area contributed by atoms with Gasteiger partial charge in [-0.2, -0.15) is 13.9 Å². The molecule has 2 unspecified atom stereocenters. The number of rotatable bonds is 14. The summed E-state index contributed by atoms with van der Waals surface area (Å²) in [4.78, 5) is 15.1. The van der Waals surface area contributed by atoms with Crippen molar-refractivity contribution in [1.82, 2.24) is 14.8 Å². The summed E-state index contributed by atoms with van der Waals surface area (Å²) in [5, 5.41) is 16.7. The summed E-state index contributed by atoms with van der Waals surface area (Å²) >= 11 is 0. The van der Waals surface area contributed by atoms with E-state index >= 15 is 0 Å². The van der Waals surface area contributed by atoms with Crippen LogP contribution in [-0.2, 0) is 11.3 Å². The van der Waals surface area contributed by atoms with Gasteiger partial charge in [-0.15, -0.1) is 0 Å². The molecule has 0 fully saturated rings. The maximum atomic E-state index is 13.1. The number of carbonyl (C=O) groups is 1. The van der Waals surface area contributed by atoms with Crippen LogP contribution in [0.1, 0.15) is 65.9 Å². The third kappa shape index (κ3) is 10.1. The van der Waals surface area contributed by atoms with Gasteiger partial charge in [0.25, 0.3) is 0 Å². The average molecular weight is 604 g/mol. The first-order valence-electron chi connectivity index (χ1n) is 14.1. The first-order chi connectivity index (χ1) is 19.8. The Morgan fingerprint density at radius 1 is 1.14 bits per heavy atom. The van der Waals surface area contributed by atoms with Crippen LogP contribution in [-0.4, -0.2) is 32.1 Å². The van der Waals surface area contributed by atoms with E-state index in [9.17, 15) is 18.0 Å². The Morgan fingerprint density at radius 3 is 2.29 bits per heavy atom. The standard InChI is InChI=1S/C24H30F2N5OP.C7H11FO/c1-4-13-31-15-17(14-29-31)20-11-12-28-23(21(20)22(27)16(5-2)6-3)30-18-7-9-19(10-8-18)32-24(25,26)33;1-4-5(2)7(9)6(3)8/h7-12,14-16,27H,4-6,13,33H2,1-3H3,(H,28,30);5H,3-4H2,1-2H3. The van der Waals surface area contributed by atoms with Gasteiger partial charge in [0.2, 0.25) is 0 Å². The van der Waals surface area contributed by atoms with E-state index in [1.54, 1.807) is 25.3 Å². The Kier molecular flexibility index (Phi) is 13.4. The molecular formula is C31H41F3N5O2P. The number of ether oxygens (including phenoxy) is 1. The lowest BCUT2D eigenvalue weighted by atomic mass is 9.88. The molecule has 42 heavy (non-hydrogen) atoms. The summed E-state index contributed by atoms with van der Waals surface area (Å²) in [6.07, 6.45) is 8.82. The van der Waals surface area contributed by atoms with E-state index in [2.05, 4.69) is 47.5 Å². The van der Waals surface area contributed by atoms with E-state index in [0.717, 1.165) is 42.5 Å². The second-order valence-electron chi connectivity index (χ2n) is 9.89. The minimum Gasteiger partial charge on any atom is -0.430 e. The molecule has 228 valence electrons. The van der Waals surface area contributed by atoms with Crippen LogP contribution >= 0.6 is 9.24 Å². The molecular weight excluding hydrogens is 562 g/mol. The molecule has 0 radical (unpaired) electrons. The highest BCUT2D eigenvalue weighted by Crippen LogP contribution is 2.34. The van der Waals surface area contributed by atoms with Crippen LogP contribution in [0, 0.1) is 17.2 Å². The highest BCUT2D eigenvalue weighted by molar-refractivity contribution is 7.17. The number of hydrogen-bond donors (Lipinski definition) is 2. The minimum atomic E-state index is -3.33. The lowest BCUT2D eigenvalue weighted by Crippen LogP contribution is -2.17. The monoisotopic (exact) mass is 603 g/mol. The van der Waals surface area contributed by atoms with E-state index < -0.39 is 17.5 Å². The number of halogens is 3. The van der Waals surface area contributed by atoms with Gasteiger partial charge in [0.1, 0.15) is 11.6 Å². The van der Waals surface area contributed by atoms with Crippen molar-refractivity contribution in [2.75, 3.05) is 5.32 Å². The largest absolute Gasteiger partial charge is 0.430 e. The zero-order valence-electron chi connectivity index (χ0n) is 24.9. The molecule has 0 aliphatic rings. The molecule has 11 heteroatoms. The summed E-state index contributed by atoms with van der Waals surface area (Å²) in [5.74, 6) is -4.18. The molecule has 2 aromatic heterocycles. The van der Waals surface area contributed by atoms with Gasteiger partial charge in [0.15, 0.2) is 11.6 Å². The van der Waals surface area contributed by atoms with Gasteiger partial charge in [-0.05, 0) is 70.8 Å². The van der Waals surface area contributed by atoms with Gasteiger partial charge in [0, 0.05) is 53.3 Å². The molecule has 7 nitrogen and oxygen atoms in total. The predicted molar refractivity (Wildman–Crippen MR) is 166 cm³/mol. The van der Waals surface area contributed by atoms with Crippen molar-refractivity contribution in [2.24, 2.45) is 11.8 Å². The maximum absolute atomic E-state index is 13.1. The first kappa shape index (κ1) is 34.7. The smallest absolute Gasteiger partial charge is 0.408 e. The highest BCUT2D eigenvalue weighted by atomic mass is 31.0. The van der Waals surface area contributed by atoms with Crippen molar-refractivity contribution in [3.63, 3.8) is 0 Å². The topological polar surface area (TPSA) is 92.9 Å². The zero-order chi connectivity index (χ0) is 31.4. The molecule has 2 atom stereocenters. The number of ketones is 1. The number of benzene rings is 1.